The van der Waals surface area contributed by atoms with E-state index >= 15 is 0 Å². The quantitative estimate of drug-likeness (QED) is 0.677. The lowest BCUT2D eigenvalue weighted by atomic mass is 10.1. The molecule has 0 aliphatic heterocycles. The Bertz CT molecular complexity index is 652. The zero-order valence-electron chi connectivity index (χ0n) is 11.5. The van der Waals surface area contributed by atoms with E-state index in [4.69, 9.17) is 0 Å². The average Bonchev–Trinajstić information content (AvgIpc) is 2.83. The minimum atomic E-state index is -4.33. The van der Waals surface area contributed by atoms with E-state index in [2.05, 4.69) is 10.4 Å². The van der Waals surface area contributed by atoms with E-state index in [1.165, 1.54) is 24.5 Å². The summed E-state index contributed by atoms with van der Waals surface area (Å²) in [7, 11) is 0. The third-order valence-corrected chi connectivity index (χ3v) is 2.96. The Morgan fingerprint density at radius 3 is 2.55 bits per heavy atom. The summed E-state index contributed by atoms with van der Waals surface area (Å²) >= 11 is 0. The fourth-order valence-corrected chi connectivity index (χ4v) is 1.93. The van der Waals surface area contributed by atoms with Crippen LogP contribution >= 0.6 is 0 Å². The first-order valence-corrected chi connectivity index (χ1v) is 6.35. The van der Waals surface area contributed by atoms with Gasteiger partial charge < -0.3 is 5.32 Å². The Balaban J connectivity index is 2.02. The molecule has 0 amide bonds. The highest BCUT2D eigenvalue weighted by molar-refractivity contribution is 5.43. The van der Waals surface area contributed by atoms with E-state index < -0.39 is 17.6 Å². The predicted octanol–water partition coefficient (Wildman–Crippen LogP) is 3.53. The van der Waals surface area contributed by atoms with Crippen LogP contribution in [0.15, 0.2) is 36.7 Å². The number of halogens is 3. The van der Waals surface area contributed by atoms with E-state index in [0.717, 1.165) is 10.2 Å². The Morgan fingerprint density at radius 1 is 1.36 bits per heavy atom. The first-order valence-electron chi connectivity index (χ1n) is 6.35. The number of nitro benzene ring substituents is 1. The largest absolute Gasteiger partial charge is 0.408 e. The van der Waals surface area contributed by atoms with Gasteiger partial charge in [0.1, 0.15) is 6.54 Å². The number of anilines is 1. The van der Waals surface area contributed by atoms with Gasteiger partial charge >= 0.3 is 6.18 Å². The number of hydrogen-bond acceptors (Lipinski definition) is 4. The number of benzene rings is 1. The minimum Gasteiger partial charge on any atom is -0.376 e. The van der Waals surface area contributed by atoms with Crippen LogP contribution in [0.2, 0.25) is 0 Å². The highest BCUT2D eigenvalue weighted by Crippen LogP contribution is 2.22. The fourth-order valence-electron chi connectivity index (χ4n) is 1.93. The Morgan fingerprint density at radius 2 is 2.00 bits per heavy atom. The molecule has 0 saturated carbocycles. The van der Waals surface area contributed by atoms with Crippen LogP contribution in [-0.4, -0.2) is 20.9 Å². The standard InChI is InChI=1S/C13H13F3N4O2/c1-9(10-2-4-12(5-3-10)20(21)22)18-11-6-17-19(7-11)8-13(14,15)16/h2-7,9,18H,8H2,1H3. The van der Waals surface area contributed by atoms with E-state index in [9.17, 15) is 23.3 Å². The van der Waals surface area contributed by atoms with Crippen molar-refractivity contribution in [3.05, 3.63) is 52.3 Å². The van der Waals surface area contributed by atoms with Gasteiger partial charge in [-0.1, -0.05) is 12.1 Å². The average molecular weight is 314 g/mol. The van der Waals surface area contributed by atoms with Gasteiger partial charge in [0.05, 0.1) is 16.8 Å². The van der Waals surface area contributed by atoms with Crippen LogP contribution in [0, 0.1) is 10.1 Å². The van der Waals surface area contributed by atoms with Crippen molar-refractivity contribution in [2.24, 2.45) is 0 Å². The maximum Gasteiger partial charge on any atom is 0.408 e. The summed E-state index contributed by atoms with van der Waals surface area (Å²) in [6.45, 7) is 0.642. The molecule has 22 heavy (non-hydrogen) atoms. The monoisotopic (exact) mass is 314 g/mol. The number of non-ortho nitro benzene ring substituents is 1. The van der Waals surface area contributed by atoms with Crippen molar-refractivity contribution in [1.82, 2.24) is 9.78 Å². The molecule has 1 N–H and O–H groups in total. The molecule has 0 radical (unpaired) electrons. The molecular formula is C13H13F3N4O2. The normalized spacial score (nSPS) is 12.9. The van der Waals surface area contributed by atoms with Crippen molar-refractivity contribution < 1.29 is 18.1 Å². The number of alkyl halides is 3. The van der Waals surface area contributed by atoms with Crippen LogP contribution in [0.3, 0.4) is 0 Å². The van der Waals surface area contributed by atoms with Crippen LogP contribution in [0.5, 0.6) is 0 Å². The molecule has 0 aliphatic rings. The second kappa shape index (κ2) is 6.04. The molecule has 0 spiro atoms. The van der Waals surface area contributed by atoms with Crippen molar-refractivity contribution in [2.75, 3.05) is 5.32 Å². The molecule has 1 unspecified atom stereocenters. The van der Waals surface area contributed by atoms with Crippen LogP contribution < -0.4 is 5.32 Å². The number of nitro groups is 1. The van der Waals surface area contributed by atoms with Crippen molar-refractivity contribution in [2.45, 2.75) is 25.7 Å². The number of nitrogens with one attached hydrogen (secondary N) is 1. The zero-order valence-corrected chi connectivity index (χ0v) is 11.5. The van der Waals surface area contributed by atoms with Gasteiger partial charge in [-0.25, -0.2) is 0 Å². The van der Waals surface area contributed by atoms with Crippen LogP contribution in [0.1, 0.15) is 18.5 Å². The van der Waals surface area contributed by atoms with Crippen molar-refractivity contribution in [1.29, 1.82) is 0 Å². The number of nitrogens with zero attached hydrogens (tertiary/aromatic N) is 3. The number of hydrogen-bond donors (Lipinski definition) is 1. The van der Waals surface area contributed by atoms with Crippen molar-refractivity contribution in [3.8, 4) is 0 Å². The molecule has 2 aromatic rings. The van der Waals surface area contributed by atoms with Gasteiger partial charge in [-0.2, -0.15) is 18.3 Å². The lowest BCUT2D eigenvalue weighted by Gasteiger charge is -2.13. The Kier molecular flexibility index (Phi) is 4.34. The Labute approximate surface area is 123 Å². The van der Waals surface area contributed by atoms with Gasteiger partial charge in [-0.05, 0) is 12.5 Å². The fraction of sp³-hybridized carbons (Fsp3) is 0.308. The summed E-state index contributed by atoms with van der Waals surface area (Å²) in [6.07, 6.45) is -1.77. The lowest BCUT2D eigenvalue weighted by molar-refractivity contribution is -0.384. The SMILES string of the molecule is CC(Nc1cnn(CC(F)(F)F)c1)c1ccc([N+](=O)[O-])cc1. The highest BCUT2D eigenvalue weighted by Gasteiger charge is 2.28. The van der Waals surface area contributed by atoms with Gasteiger partial charge in [0, 0.05) is 24.4 Å². The van der Waals surface area contributed by atoms with Gasteiger partial charge in [0.15, 0.2) is 0 Å². The predicted molar refractivity (Wildman–Crippen MR) is 73.4 cm³/mol. The molecular weight excluding hydrogens is 301 g/mol. The molecule has 1 atom stereocenters. The van der Waals surface area contributed by atoms with Gasteiger partial charge in [0.2, 0.25) is 0 Å². The highest BCUT2D eigenvalue weighted by atomic mass is 19.4. The third kappa shape index (κ3) is 4.21. The third-order valence-electron chi connectivity index (χ3n) is 2.96. The van der Waals surface area contributed by atoms with Gasteiger partial charge in [-0.3, -0.25) is 14.8 Å². The van der Waals surface area contributed by atoms with E-state index in [0.29, 0.717) is 5.69 Å². The maximum absolute atomic E-state index is 12.2. The second-order valence-corrected chi connectivity index (χ2v) is 4.76. The first kappa shape index (κ1) is 15.8. The molecule has 0 fully saturated rings. The summed E-state index contributed by atoms with van der Waals surface area (Å²) in [4.78, 5) is 10.1. The maximum atomic E-state index is 12.2. The molecule has 0 aliphatic carbocycles. The first-order chi connectivity index (χ1) is 10.2. The summed E-state index contributed by atoms with van der Waals surface area (Å²) in [6, 6.07) is 5.71. The molecule has 1 aromatic heterocycles. The molecule has 1 heterocycles. The smallest absolute Gasteiger partial charge is 0.376 e. The van der Waals surface area contributed by atoms with Crippen molar-refractivity contribution in [3.63, 3.8) is 0 Å². The van der Waals surface area contributed by atoms with E-state index in [1.54, 1.807) is 19.1 Å². The molecule has 1 aromatic carbocycles. The zero-order chi connectivity index (χ0) is 16.3. The second-order valence-electron chi connectivity index (χ2n) is 4.76. The van der Waals surface area contributed by atoms with Crippen molar-refractivity contribution >= 4 is 11.4 Å². The van der Waals surface area contributed by atoms with Gasteiger partial charge in [-0.15, -0.1) is 0 Å². The van der Waals surface area contributed by atoms with Gasteiger partial charge in [0.25, 0.3) is 5.69 Å². The number of aromatic nitrogens is 2. The lowest BCUT2D eigenvalue weighted by Crippen LogP contribution is -2.17. The molecule has 2 rings (SSSR count). The summed E-state index contributed by atoms with van der Waals surface area (Å²) in [5, 5.41) is 17.2. The van der Waals surface area contributed by atoms with Crippen LogP contribution in [0.4, 0.5) is 24.5 Å². The topological polar surface area (TPSA) is 73.0 Å². The van der Waals surface area contributed by atoms with E-state index in [-0.39, 0.29) is 11.7 Å². The molecule has 6 nitrogen and oxygen atoms in total. The summed E-state index contributed by atoms with van der Waals surface area (Å²) in [5.41, 5.74) is 1.19. The molecule has 118 valence electrons. The van der Waals surface area contributed by atoms with E-state index in [1.807, 2.05) is 0 Å². The minimum absolute atomic E-state index is 0.0195. The molecule has 0 saturated heterocycles. The van der Waals surface area contributed by atoms with Crippen LogP contribution in [-0.2, 0) is 6.54 Å². The Hall–Kier alpha value is -2.58. The summed E-state index contributed by atoms with van der Waals surface area (Å²) in [5.74, 6) is 0. The molecule has 0 bridgehead atoms. The summed E-state index contributed by atoms with van der Waals surface area (Å²) < 4.78 is 37.5. The van der Waals surface area contributed by atoms with Crippen LogP contribution in [0.25, 0.3) is 0 Å². The molecule has 9 heteroatoms. The number of rotatable bonds is 5.